The summed E-state index contributed by atoms with van der Waals surface area (Å²) in [5, 5.41) is 4.01. The molecule has 0 amide bonds. The molecule has 0 fully saturated rings. The Morgan fingerprint density at radius 2 is 2.03 bits per heavy atom. The summed E-state index contributed by atoms with van der Waals surface area (Å²) < 4.78 is 27.0. The molecular formula is C22H22FN5O2. The number of rotatable bonds is 8. The highest BCUT2D eigenvalue weighted by Gasteiger charge is 2.12. The van der Waals surface area contributed by atoms with Gasteiger partial charge in [-0.25, -0.2) is 19.3 Å². The normalized spacial score (nSPS) is 10.9. The number of hydrogen-bond donors (Lipinski definition) is 1. The second-order valence-corrected chi connectivity index (χ2v) is 6.83. The van der Waals surface area contributed by atoms with Gasteiger partial charge in [0.1, 0.15) is 18.0 Å². The standard InChI is InChI=1S/C22H22FN5O2/c1-15-10-16(4-5-18(15)23)27-22-17-11-20(29-2)21(12-19(17)25-13-26-22)30-9-3-7-28-8-6-24-14-28/h4-6,8,10-14H,3,7,9H2,1-2H3,(H,25,26,27). The van der Waals surface area contributed by atoms with Gasteiger partial charge in [-0.2, -0.15) is 0 Å². The van der Waals surface area contributed by atoms with Crippen LogP contribution in [0.3, 0.4) is 0 Å². The van der Waals surface area contributed by atoms with E-state index in [4.69, 9.17) is 9.47 Å². The Morgan fingerprint density at radius 1 is 1.13 bits per heavy atom. The van der Waals surface area contributed by atoms with Crippen molar-refractivity contribution in [2.45, 2.75) is 19.9 Å². The van der Waals surface area contributed by atoms with Crippen molar-refractivity contribution in [3.05, 3.63) is 66.8 Å². The molecule has 7 nitrogen and oxygen atoms in total. The molecular weight excluding hydrogens is 385 g/mol. The molecule has 154 valence electrons. The number of aryl methyl sites for hydroxylation is 2. The third-order valence-electron chi connectivity index (χ3n) is 4.72. The number of ether oxygens (including phenoxy) is 2. The van der Waals surface area contributed by atoms with Gasteiger partial charge in [0.25, 0.3) is 0 Å². The van der Waals surface area contributed by atoms with Gasteiger partial charge >= 0.3 is 0 Å². The van der Waals surface area contributed by atoms with Crippen molar-refractivity contribution >= 4 is 22.4 Å². The van der Waals surface area contributed by atoms with E-state index in [-0.39, 0.29) is 5.82 Å². The minimum atomic E-state index is -0.246. The van der Waals surface area contributed by atoms with E-state index < -0.39 is 0 Å². The first-order chi connectivity index (χ1) is 14.6. The highest BCUT2D eigenvalue weighted by molar-refractivity contribution is 5.93. The molecule has 8 heteroatoms. The Kier molecular flexibility index (Phi) is 5.74. The summed E-state index contributed by atoms with van der Waals surface area (Å²) in [7, 11) is 1.60. The molecule has 0 aliphatic heterocycles. The summed E-state index contributed by atoms with van der Waals surface area (Å²) >= 11 is 0. The van der Waals surface area contributed by atoms with Crippen molar-refractivity contribution < 1.29 is 13.9 Å². The van der Waals surface area contributed by atoms with Crippen LogP contribution < -0.4 is 14.8 Å². The van der Waals surface area contributed by atoms with Crippen LogP contribution >= 0.6 is 0 Å². The van der Waals surface area contributed by atoms with Gasteiger partial charge in [-0.3, -0.25) is 0 Å². The number of hydrogen-bond acceptors (Lipinski definition) is 6. The maximum Gasteiger partial charge on any atom is 0.163 e. The number of imidazole rings is 1. The number of anilines is 2. The van der Waals surface area contributed by atoms with Gasteiger partial charge in [0, 0.05) is 36.1 Å². The van der Waals surface area contributed by atoms with E-state index in [9.17, 15) is 4.39 Å². The minimum absolute atomic E-state index is 0.246. The van der Waals surface area contributed by atoms with Gasteiger partial charge in [0.15, 0.2) is 11.5 Å². The lowest BCUT2D eigenvalue weighted by Gasteiger charge is -2.14. The molecule has 1 N–H and O–H groups in total. The molecule has 0 saturated heterocycles. The van der Waals surface area contributed by atoms with Crippen LogP contribution in [0.4, 0.5) is 15.9 Å². The fraction of sp³-hybridized carbons (Fsp3) is 0.227. The van der Waals surface area contributed by atoms with Gasteiger partial charge in [0.05, 0.1) is 25.6 Å². The Bertz CT molecular complexity index is 1150. The van der Waals surface area contributed by atoms with E-state index in [0.29, 0.717) is 29.5 Å². The molecule has 0 bridgehead atoms. The quantitative estimate of drug-likeness (QED) is 0.434. The highest BCUT2D eigenvalue weighted by Crippen LogP contribution is 2.35. The molecule has 0 aliphatic carbocycles. The Morgan fingerprint density at radius 3 is 2.80 bits per heavy atom. The Balaban J connectivity index is 1.54. The third-order valence-corrected chi connectivity index (χ3v) is 4.72. The van der Waals surface area contributed by atoms with Gasteiger partial charge in [0.2, 0.25) is 0 Å². The average Bonchev–Trinajstić information content (AvgIpc) is 3.27. The average molecular weight is 407 g/mol. The number of methoxy groups -OCH3 is 1. The summed E-state index contributed by atoms with van der Waals surface area (Å²) in [4.78, 5) is 12.7. The van der Waals surface area contributed by atoms with E-state index in [0.717, 1.165) is 29.6 Å². The summed E-state index contributed by atoms with van der Waals surface area (Å²) in [6.45, 7) is 3.08. The van der Waals surface area contributed by atoms with Crippen LogP contribution in [-0.2, 0) is 6.54 Å². The van der Waals surface area contributed by atoms with E-state index in [2.05, 4.69) is 20.3 Å². The predicted octanol–water partition coefficient (Wildman–Crippen LogP) is 4.50. The van der Waals surface area contributed by atoms with Crippen LogP contribution in [0.5, 0.6) is 11.5 Å². The second-order valence-electron chi connectivity index (χ2n) is 6.83. The molecule has 0 aliphatic rings. The maximum absolute atomic E-state index is 13.6. The number of benzene rings is 2. The van der Waals surface area contributed by atoms with Crippen molar-refractivity contribution in [3.63, 3.8) is 0 Å². The molecule has 30 heavy (non-hydrogen) atoms. The first kappa shape index (κ1) is 19.6. The van der Waals surface area contributed by atoms with Crippen LogP contribution in [0.1, 0.15) is 12.0 Å². The first-order valence-electron chi connectivity index (χ1n) is 9.58. The lowest BCUT2D eigenvalue weighted by atomic mass is 10.2. The van der Waals surface area contributed by atoms with Gasteiger partial charge in [-0.15, -0.1) is 0 Å². The zero-order valence-corrected chi connectivity index (χ0v) is 16.8. The summed E-state index contributed by atoms with van der Waals surface area (Å²) in [6, 6.07) is 8.52. The first-order valence-corrected chi connectivity index (χ1v) is 9.58. The smallest absolute Gasteiger partial charge is 0.163 e. The van der Waals surface area contributed by atoms with Crippen LogP contribution in [0.25, 0.3) is 10.9 Å². The van der Waals surface area contributed by atoms with Crippen LogP contribution in [0.2, 0.25) is 0 Å². The number of fused-ring (bicyclic) bond motifs is 1. The number of nitrogens with one attached hydrogen (secondary N) is 1. The van der Waals surface area contributed by atoms with Gasteiger partial charge < -0.3 is 19.4 Å². The van der Waals surface area contributed by atoms with Crippen molar-refractivity contribution in [2.24, 2.45) is 0 Å². The zero-order chi connectivity index (χ0) is 20.9. The lowest BCUT2D eigenvalue weighted by Crippen LogP contribution is -2.04. The Hall–Kier alpha value is -3.68. The predicted molar refractivity (Wildman–Crippen MR) is 113 cm³/mol. The highest BCUT2D eigenvalue weighted by atomic mass is 19.1. The molecule has 0 unspecified atom stereocenters. The van der Waals surface area contributed by atoms with Crippen LogP contribution in [-0.4, -0.2) is 33.2 Å². The summed E-state index contributed by atoms with van der Waals surface area (Å²) in [6.07, 6.45) is 7.77. The van der Waals surface area contributed by atoms with E-state index in [1.165, 1.54) is 12.4 Å². The number of aromatic nitrogens is 4. The van der Waals surface area contributed by atoms with Crippen molar-refractivity contribution in [3.8, 4) is 11.5 Å². The van der Waals surface area contributed by atoms with Crippen molar-refractivity contribution in [1.82, 2.24) is 19.5 Å². The molecule has 4 aromatic rings. The molecule has 0 radical (unpaired) electrons. The lowest BCUT2D eigenvalue weighted by molar-refractivity contribution is 0.283. The van der Waals surface area contributed by atoms with Gasteiger partial charge in [-0.1, -0.05) is 0 Å². The number of halogens is 1. The third kappa shape index (κ3) is 4.32. The van der Waals surface area contributed by atoms with Crippen LogP contribution in [0, 0.1) is 12.7 Å². The number of nitrogens with zero attached hydrogens (tertiary/aromatic N) is 4. The van der Waals surface area contributed by atoms with Crippen molar-refractivity contribution in [2.75, 3.05) is 19.0 Å². The largest absolute Gasteiger partial charge is 0.493 e. The molecule has 0 spiro atoms. The van der Waals surface area contributed by atoms with Crippen LogP contribution in [0.15, 0.2) is 55.4 Å². The fourth-order valence-corrected chi connectivity index (χ4v) is 3.14. The van der Waals surface area contributed by atoms with E-state index >= 15 is 0 Å². The summed E-state index contributed by atoms with van der Waals surface area (Å²) in [5.74, 6) is 1.58. The van der Waals surface area contributed by atoms with Gasteiger partial charge in [-0.05, 0) is 43.2 Å². The summed E-state index contributed by atoms with van der Waals surface area (Å²) in [5.41, 5.74) is 2.02. The zero-order valence-electron chi connectivity index (χ0n) is 16.8. The van der Waals surface area contributed by atoms with E-state index in [1.54, 1.807) is 38.7 Å². The monoisotopic (exact) mass is 407 g/mol. The molecule has 4 rings (SSSR count). The second kappa shape index (κ2) is 8.77. The molecule has 2 aromatic heterocycles. The Labute approximate surface area is 173 Å². The molecule has 0 atom stereocenters. The fourth-order valence-electron chi connectivity index (χ4n) is 3.14. The SMILES string of the molecule is COc1cc2c(Nc3ccc(F)c(C)c3)ncnc2cc1OCCCn1ccnc1. The van der Waals surface area contributed by atoms with Crippen molar-refractivity contribution in [1.29, 1.82) is 0 Å². The molecule has 0 saturated carbocycles. The maximum atomic E-state index is 13.6. The van der Waals surface area contributed by atoms with E-state index in [1.807, 2.05) is 22.9 Å². The topological polar surface area (TPSA) is 74.1 Å². The molecule has 2 aromatic carbocycles. The molecule has 2 heterocycles. The minimum Gasteiger partial charge on any atom is -0.493 e.